The van der Waals surface area contributed by atoms with Gasteiger partial charge in [-0.15, -0.1) is 0 Å². The molecule has 1 fully saturated rings. The van der Waals surface area contributed by atoms with Crippen LogP contribution in [0.1, 0.15) is 36.5 Å². The van der Waals surface area contributed by atoms with Crippen LogP contribution in [0.4, 0.5) is 0 Å². The Balaban J connectivity index is 1.63. The van der Waals surface area contributed by atoms with Gasteiger partial charge >= 0.3 is 0 Å². The highest BCUT2D eigenvalue weighted by Crippen LogP contribution is 2.26. The smallest absolute Gasteiger partial charge is 0.252 e. The van der Waals surface area contributed by atoms with Crippen LogP contribution in [0.15, 0.2) is 53.1 Å². The number of fused-ring (bicyclic) bond motifs is 1. The number of carbonyl (C=O) groups excluding carboxylic acids is 1. The molecule has 29 heavy (non-hydrogen) atoms. The van der Waals surface area contributed by atoms with Crippen molar-refractivity contribution in [2.24, 2.45) is 0 Å². The van der Waals surface area contributed by atoms with Gasteiger partial charge in [-0.2, -0.15) is 0 Å². The summed E-state index contributed by atoms with van der Waals surface area (Å²) in [5, 5.41) is 4.02. The summed E-state index contributed by atoms with van der Waals surface area (Å²) >= 11 is 3.52. The number of halogens is 1. The molecule has 0 radical (unpaired) electrons. The van der Waals surface area contributed by atoms with Gasteiger partial charge in [0.05, 0.1) is 22.5 Å². The zero-order chi connectivity index (χ0) is 20.2. The van der Waals surface area contributed by atoms with E-state index in [1.165, 1.54) is 19.3 Å². The minimum atomic E-state index is -0.0720. The number of hydrogen-bond donors (Lipinski definition) is 1. The molecular weight excluding hydrogens is 428 g/mol. The second-order valence-electron chi connectivity index (χ2n) is 7.67. The van der Waals surface area contributed by atoms with Crippen molar-refractivity contribution in [3.05, 3.63) is 58.7 Å². The summed E-state index contributed by atoms with van der Waals surface area (Å²) in [4.78, 5) is 24.8. The largest absolute Gasteiger partial charge is 0.348 e. The number of amides is 1. The molecule has 0 spiro atoms. The second-order valence-corrected chi connectivity index (χ2v) is 8.58. The number of likely N-dealkylation sites (tertiary alicyclic amines) is 1. The van der Waals surface area contributed by atoms with E-state index in [0.717, 1.165) is 40.7 Å². The van der Waals surface area contributed by atoms with Gasteiger partial charge in [-0.25, -0.2) is 4.98 Å². The van der Waals surface area contributed by atoms with E-state index in [1.807, 2.05) is 42.5 Å². The van der Waals surface area contributed by atoms with Crippen molar-refractivity contribution in [1.29, 1.82) is 0 Å². The van der Waals surface area contributed by atoms with Gasteiger partial charge in [-0.1, -0.05) is 28.4 Å². The zero-order valence-electron chi connectivity index (χ0n) is 16.6. The molecule has 0 saturated carbocycles. The van der Waals surface area contributed by atoms with Crippen molar-refractivity contribution in [3.8, 4) is 11.4 Å². The molecule has 1 aliphatic rings. The quantitative estimate of drug-likeness (QED) is 0.611. The summed E-state index contributed by atoms with van der Waals surface area (Å²) in [6.07, 6.45) is 5.54. The van der Waals surface area contributed by atoms with E-state index in [4.69, 9.17) is 4.98 Å². The predicted octanol–water partition coefficient (Wildman–Crippen LogP) is 4.66. The number of piperidine rings is 1. The number of pyridine rings is 2. The van der Waals surface area contributed by atoms with Gasteiger partial charge in [-0.05, 0) is 69.3 Å². The SMILES string of the molecule is CC(CN1CCCCC1)NC(=O)c1cc(-c2ccccn2)nc2ccc(Br)cc12. The minimum absolute atomic E-state index is 0.0720. The molecule has 3 heterocycles. The van der Waals surface area contributed by atoms with E-state index in [1.54, 1.807) is 6.20 Å². The monoisotopic (exact) mass is 452 g/mol. The van der Waals surface area contributed by atoms with Crippen LogP contribution in [0.2, 0.25) is 0 Å². The van der Waals surface area contributed by atoms with E-state index in [-0.39, 0.29) is 11.9 Å². The fourth-order valence-electron chi connectivity index (χ4n) is 3.91. The van der Waals surface area contributed by atoms with Crippen molar-refractivity contribution >= 4 is 32.7 Å². The van der Waals surface area contributed by atoms with Gasteiger partial charge in [0.15, 0.2) is 0 Å². The molecule has 2 aromatic heterocycles. The third-order valence-electron chi connectivity index (χ3n) is 5.30. The van der Waals surface area contributed by atoms with Gasteiger partial charge in [0.1, 0.15) is 0 Å². The molecule has 1 saturated heterocycles. The Bertz CT molecular complexity index is 1000. The summed E-state index contributed by atoms with van der Waals surface area (Å²) in [6.45, 7) is 5.20. The minimum Gasteiger partial charge on any atom is -0.348 e. The normalized spacial score (nSPS) is 15.9. The average molecular weight is 453 g/mol. The maximum absolute atomic E-state index is 13.2. The molecule has 3 aromatic rings. The standard InChI is InChI=1S/C23H25BrN4O/c1-16(15-28-11-5-2-6-12-28)26-23(29)19-14-22(21-7-3-4-10-25-21)27-20-9-8-17(24)13-18(19)20/h3-4,7-10,13-14,16H,2,5-6,11-12,15H2,1H3,(H,26,29). The molecule has 1 N–H and O–H groups in total. The van der Waals surface area contributed by atoms with Crippen molar-refractivity contribution in [3.63, 3.8) is 0 Å². The summed E-state index contributed by atoms with van der Waals surface area (Å²) in [5.41, 5.74) is 2.87. The van der Waals surface area contributed by atoms with Gasteiger partial charge < -0.3 is 10.2 Å². The number of benzene rings is 1. The highest BCUT2D eigenvalue weighted by atomic mass is 79.9. The molecule has 150 valence electrons. The number of aromatic nitrogens is 2. The predicted molar refractivity (Wildman–Crippen MR) is 120 cm³/mol. The van der Waals surface area contributed by atoms with Gasteiger partial charge in [0.2, 0.25) is 0 Å². The molecule has 1 aliphatic heterocycles. The van der Waals surface area contributed by atoms with Gasteiger partial charge in [0.25, 0.3) is 5.91 Å². The van der Waals surface area contributed by atoms with Crippen LogP contribution in [0.5, 0.6) is 0 Å². The maximum Gasteiger partial charge on any atom is 0.252 e. The van der Waals surface area contributed by atoms with E-state index < -0.39 is 0 Å². The Hall–Kier alpha value is -2.31. The summed E-state index contributed by atoms with van der Waals surface area (Å²) < 4.78 is 0.924. The molecule has 5 nitrogen and oxygen atoms in total. The third-order valence-corrected chi connectivity index (χ3v) is 5.79. The highest BCUT2D eigenvalue weighted by Gasteiger charge is 2.19. The number of rotatable bonds is 5. The van der Waals surface area contributed by atoms with E-state index >= 15 is 0 Å². The van der Waals surface area contributed by atoms with Gasteiger partial charge in [0, 0.05) is 28.6 Å². The van der Waals surface area contributed by atoms with Crippen LogP contribution < -0.4 is 5.32 Å². The molecule has 1 unspecified atom stereocenters. The third kappa shape index (κ3) is 4.82. The first-order valence-corrected chi connectivity index (χ1v) is 10.9. The first-order chi connectivity index (χ1) is 14.1. The lowest BCUT2D eigenvalue weighted by molar-refractivity contribution is 0.0927. The summed E-state index contributed by atoms with van der Waals surface area (Å²) in [7, 11) is 0. The second kappa shape index (κ2) is 9.01. The number of nitrogens with one attached hydrogen (secondary N) is 1. The van der Waals surface area contributed by atoms with Crippen molar-refractivity contribution < 1.29 is 4.79 Å². The first kappa shape index (κ1) is 20.0. The Morgan fingerprint density at radius 2 is 1.97 bits per heavy atom. The lowest BCUT2D eigenvalue weighted by Crippen LogP contribution is -2.43. The van der Waals surface area contributed by atoms with Crippen LogP contribution in [0.25, 0.3) is 22.3 Å². The molecule has 1 atom stereocenters. The zero-order valence-corrected chi connectivity index (χ0v) is 18.2. The molecule has 4 rings (SSSR count). The van der Waals surface area contributed by atoms with Crippen molar-refractivity contribution in [2.45, 2.75) is 32.2 Å². The highest BCUT2D eigenvalue weighted by molar-refractivity contribution is 9.10. The Kier molecular flexibility index (Phi) is 6.21. The Labute approximate surface area is 179 Å². The van der Waals surface area contributed by atoms with Crippen molar-refractivity contribution in [1.82, 2.24) is 20.2 Å². The summed E-state index contributed by atoms with van der Waals surface area (Å²) in [5.74, 6) is -0.0720. The molecule has 1 amide bonds. The lowest BCUT2D eigenvalue weighted by Gasteiger charge is -2.29. The molecular formula is C23H25BrN4O. The fraction of sp³-hybridized carbons (Fsp3) is 0.348. The maximum atomic E-state index is 13.2. The van der Waals surface area contributed by atoms with Crippen LogP contribution in [0.3, 0.4) is 0 Å². The Morgan fingerprint density at radius 3 is 2.72 bits per heavy atom. The number of nitrogens with zero attached hydrogens (tertiary/aromatic N) is 3. The topological polar surface area (TPSA) is 58.1 Å². The van der Waals surface area contributed by atoms with Crippen LogP contribution in [-0.4, -0.2) is 46.5 Å². The van der Waals surface area contributed by atoms with Crippen LogP contribution >= 0.6 is 15.9 Å². The lowest BCUT2D eigenvalue weighted by atomic mass is 10.0. The van der Waals surface area contributed by atoms with Crippen molar-refractivity contribution in [2.75, 3.05) is 19.6 Å². The summed E-state index contributed by atoms with van der Waals surface area (Å²) in [6, 6.07) is 13.5. The Morgan fingerprint density at radius 1 is 1.14 bits per heavy atom. The van der Waals surface area contributed by atoms with E-state index in [9.17, 15) is 4.79 Å². The molecule has 6 heteroatoms. The average Bonchev–Trinajstić information content (AvgIpc) is 2.74. The molecule has 0 aliphatic carbocycles. The molecule has 1 aromatic carbocycles. The molecule has 0 bridgehead atoms. The van der Waals surface area contributed by atoms with E-state index in [2.05, 4.69) is 38.1 Å². The van der Waals surface area contributed by atoms with Crippen LogP contribution in [0, 0.1) is 0 Å². The van der Waals surface area contributed by atoms with Gasteiger partial charge in [-0.3, -0.25) is 9.78 Å². The first-order valence-electron chi connectivity index (χ1n) is 10.1. The number of carbonyl (C=O) groups is 1. The number of hydrogen-bond acceptors (Lipinski definition) is 4. The van der Waals surface area contributed by atoms with Crippen LogP contribution in [-0.2, 0) is 0 Å². The van der Waals surface area contributed by atoms with E-state index in [0.29, 0.717) is 11.3 Å². The fourth-order valence-corrected chi connectivity index (χ4v) is 4.27.